The van der Waals surface area contributed by atoms with Gasteiger partial charge in [-0.05, 0) is 55.0 Å². The molecule has 3 rings (SSSR count). The Kier molecular flexibility index (Phi) is 7.03. The summed E-state index contributed by atoms with van der Waals surface area (Å²) in [6.45, 7) is 1.52. The van der Waals surface area contributed by atoms with Crippen LogP contribution in [0, 0.1) is 11.3 Å². The summed E-state index contributed by atoms with van der Waals surface area (Å²) in [5.41, 5.74) is 1.79. The van der Waals surface area contributed by atoms with Crippen LogP contribution in [0.1, 0.15) is 24.1 Å². The van der Waals surface area contributed by atoms with E-state index < -0.39 is 15.9 Å². The molecule has 3 aromatic carbocycles. The van der Waals surface area contributed by atoms with Crippen molar-refractivity contribution in [1.82, 2.24) is 4.72 Å². The van der Waals surface area contributed by atoms with Gasteiger partial charge in [-0.15, -0.1) is 0 Å². The maximum atomic E-state index is 12.6. The topological polar surface area (TPSA) is 108 Å². The van der Waals surface area contributed by atoms with Gasteiger partial charge >= 0.3 is 0 Å². The van der Waals surface area contributed by atoms with Crippen molar-refractivity contribution in [3.05, 3.63) is 90.0 Å². The quantitative estimate of drug-likeness (QED) is 0.562. The second-order valence-electron chi connectivity index (χ2n) is 6.75. The number of amides is 1. The van der Waals surface area contributed by atoms with Crippen LogP contribution in [0.4, 0.5) is 5.69 Å². The van der Waals surface area contributed by atoms with Crippen LogP contribution in [0.2, 0.25) is 0 Å². The number of carbonyl (C=O) groups excluding carboxylic acids is 1. The number of ether oxygens (including phenoxy) is 1. The molecule has 0 saturated carbocycles. The smallest absolute Gasteiger partial charge is 0.262 e. The Labute approximate surface area is 181 Å². The van der Waals surface area contributed by atoms with Crippen LogP contribution >= 0.6 is 0 Å². The maximum Gasteiger partial charge on any atom is 0.262 e. The number of nitrogens with zero attached hydrogens (tertiary/aromatic N) is 1. The molecule has 7 nitrogen and oxygen atoms in total. The molecule has 0 aliphatic carbocycles. The molecule has 1 atom stereocenters. The van der Waals surface area contributed by atoms with E-state index in [1.54, 1.807) is 31.2 Å². The van der Waals surface area contributed by atoms with Crippen LogP contribution in [-0.2, 0) is 14.8 Å². The van der Waals surface area contributed by atoms with Gasteiger partial charge in [0.15, 0.2) is 6.61 Å². The molecule has 0 spiro atoms. The molecule has 3 aromatic rings. The Balaban J connectivity index is 1.57. The third kappa shape index (κ3) is 6.15. The minimum atomic E-state index is -3.71. The van der Waals surface area contributed by atoms with Crippen molar-refractivity contribution in [2.45, 2.75) is 17.9 Å². The molecule has 0 aliphatic heterocycles. The fourth-order valence-corrected chi connectivity index (χ4v) is 4.07. The van der Waals surface area contributed by atoms with Crippen molar-refractivity contribution in [3.63, 3.8) is 0 Å². The monoisotopic (exact) mass is 435 g/mol. The highest BCUT2D eigenvalue weighted by atomic mass is 32.2. The fourth-order valence-electron chi connectivity index (χ4n) is 2.84. The lowest BCUT2D eigenvalue weighted by atomic mass is 10.1. The highest BCUT2D eigenvalue weighted by Crippen LogP contribution is 2.19. The maximum absolute atomic E-state index is 12.6. The van der Waals surface area contributed by atoms with Crippen molar-refractivity contribution in [2.24, 2.45) is 0 Å². The Morgan fingerprint density at radius 3 is 2.42 bits per heavy atom. The zero-order valence-corrected chi connectivity index (χ0v) is 17.6. The average Bonchev–Trinajstić information content (AvgIpc) is 2.78. The predicted octanol–water partition coefficient (Wildman–Crippen LogP) is 3.62. The second kappa shape index (κ2) is 9.89. The minimum absolute atomic E-state index is 0.0976. The van der Waals surface area contributed by atoms with E-state index in [1.165, 1.54) is 24.3 Å². The van der Waals surface area contributed by atoms with E-state index in [-0.39, 0.29) is 17.5 Å². The van der Waals surface area contributed by atoms with E-state index in [2.05, 4.69) is 10.0 Å². The van der Waals surface area contributed by atoms with Gasteiger partial charge in [0.05, 0.1) is 16.5 Å². The summed E-state index contributed by atoms with van der Waals surface area (Å²) in [6, 6.07) is 23.2. The summed E-state index contributed by atoms with van der Waals surface area (Å²) in [6.07, 6.45) is 0. The Morgan fingerprint density at radius 1 is 1.03 bits per heavy atom. The van der Waals surface area contributed by atoms with Gasteiger partial charge in [-0.25, -0.2) is 13.1 Å². The molecular formula is C23H21N3O4S. The molecule has 1 amide bonds. The molecule has 8 heteroatoms. The molecule has 0 saturated heterocycles. The highest BCUT2D eigenvalue weighted by molar-refractivity contribution is 7.89. The number of anilines is 1. The van der Waals surface area contributed by atoms with E-state index in [0.29, 0.717) is 17.0 Å². The summed E-state index contributed by atoms with van der Waals surface area (Å²) in [5.74, 6) is -0.0406. The first kappa shape index (κ1) is 22.0. The number of nitrogens with one attached hydrogen (secondary N) is 2. The third-order valence-corrected chi connectivity index (χ3v) is 5.97. The SMILES string of the molecule is CC(NS(=O)(=O)c1ccc(OCC(=O)Nc2cccc(C#N)c2)cc1)c1ccccc1. The molecule has 0 aromatic heterocycles. The first-order valence-corrected chi connectivity index (χ1v) is 11.0. The minimum Gasteiger partial charge on any atom is -0.484 e. The molecule has 31 heavy (non-hydrogen) atoms. The van der Waals surface area contributed by atoms with Gasteiger partial charge in [0.2, 0.25) is 10.0 Å². The van der Waals surface area contributed by atoms with Gasteiger partial charge in [-0.3, -0.25) is 4.79 Å². The van der Waals surface area contributed by atoms with Crippen molar-refractivity contribution in [2.75, 3.05) is 11.9 Å². The summed E-state index contributed by atoms with van der Waals surface area (Å²) < 4.78 is 33.3. The van der Waals surface area contributed by atoms with E-state index in [0.717, 1.165) is 5.56 Å². The van der Waals surface area contributed by atoms with Gasteiger partial charge < -0.3 is 10.1 Å². The first-order chi connectivity index (χ1) is 14.9. The lowest BCUT2D eigenvalue weighted by Gasteiger charge is -2.15. The van der Waals surface area contributed by atoms with Gasteiger partial charge in [0, 0.05) is 11.7 Å². The number of rotatable bonds is 8. The van der Waals surface area contributed by atoms with Gasteiger partial charge in [-0.2, -0.15) is 5.26 Å². The largest absolute Gasteiger partial charge is 0.484 e. The number of nitriles is 1. The van der Waals surface area contributed by atoms with E-state index in [4.69, 9.17) is 10.00 Å². The number of hydrogen-bond acceptors (Lipinski definition) is 5. The van der Waals surface area contributed by atoms with Gasteiger partial charge in [-0.1, -0.05) is 36.4 Å². The van der Waals surface area contributed by atoms with E-state index >= 15 is 0 Å². The summed E-state index contributed by atoms with van der Waals surface area (Å²) in [4.78, 5) is 12.1. The third-order valence-electron chi connectivity index (χ3n) is 4.41. The molecule has 158 valence electrons. The van der Waals surface area contributed by atoms with Crippen LogP contribution < -0.4 is 14.8 Å². The van der Waals surface area contributed by atoms with Crippen molar-refractivity contribution >= 4 is 21.6 Å². The fraction of sp³-hybridized carbons (Fsp3) is 0.130. The summed E-state index contributed by atoms with van der Waals surface area (Å²) in [7, 11) is -3.71. The zero-order chi connectivity index (χ0) is 22.3. The Morgan fingerprint density at radius 2 is 1.74 bits per heavy atom. The van der Waals surface area contributed by atoms with Crippen molar-refractivity contribution < 1.29 is 17.9 Å². The lowest BCUT2D eigenvalue weighted by Crippen LogP contribution is -2.26. The standard InChI is InChI=1S/C23H21N3O4S/c1-17(19-7-3-2-4-8-19)26-31(28,29)22-12-10-21(11-13-22)30-16-23(27)25-20-9-5-6-18(14-20)15-24/h2-14,17,26H,16H2,1H3,(H,25,27). The van der Waals surface area contributed by atoms with Crippen molar-refractivity contribution in [1.29, 1.82) is 5.26 Å². The normalized spacial score (nSPS) is 11.9. The molecule has 0 fully saturated rings. The van der Waals surface area contributed by atoms with E-state index in [9.17, 15) is 13.2 Å². The Bertz CT molecular complexity index is 1190. The van der Waals surface area contributed by atoms with E-state index in [1.807, 2.05) is 36.4 Å². The van der Waals surface area contributed by atoms with Gasteiger partial charge in [0.25, 0.3) is 5.91 Å². The van der Waals surface area contributed by atoms with Crippen LogP contribution in [0.15, 0.2) is 83.8 Å². The van der Waals surface area contributed by atoms with Crippen LogP contribution in [0.5, 0.6) is 5.75 Å². The second-order valence-corrected chi connectivity index (χ2v) is 8.47. The van der Waals surface area contributed by atoms with Crippen LogP contribution in [-0.4, -0.2) is 20.9 Å². The molecule has 1 unspecified atom stereocenters. The van der Waals surface area contributed by atoms with Crippen molar-refractivity contribution in [3.8, 4) is 11.8 Å². The number of sulfonamides is 1. The molecule has 0 aliphatic rings. The first-order valence-electron chi connectivity index (χ1n) is 9.47. The molecule has 0 radical (unpaired) electrons. The Hall–Kier alpha value is -3.67. The predicted molar refractivity (Wildman–Crippen MR) is 117 cm³/mol. The number of carbonyl (C=O) groups is 1. The lowest BCUT2D eigenvalue weighted by molar-refractivity contribution is -0.118. The number of hydrogen-bond donors (Lipinski definition) is 2. The molecule has 0 heterocycles. The average molecular weight is 436 g/mol. The van der Waals surface area contributed by atoms with Crippen LogP contribution in [0.3, 0.4) is 0 Å². The van der Waals surface area contributed by atoms with Gasteiger partial charge in [0.1, 0.15) is 5.75 Å². The zero-order valence-electron chi connectivity index (χ0n) is 16.8. The highest BCUT2D eigenvalue weighted by Gasteiger charge is 2.18. The summed E-state index contributed by atoms with van der Waals surface area (Å²) in [5, 5.41) is 11.5. The molecule has 0 bridgehead atoms. The summed E-state index contributed by atoms with van der Waals surface area (Å²) >= 11 is 0. The number of benzene rings is 3. The molecule has 2 N–H and O–H groups in total. The molecular weight excluding hydrogens is 414 g/mol. The van der Waals surface area contributed by atoms with Crippen LogP contribution in [0.25, 0.3) is 0 Å².